The third-order valence-corrected chi connectivity index (χ3v) is 4.72. The summed E-state index contributed by atoms with van der Waals surface area (Å²) in [6.07, 6.45) is -0.181. The molecule has 0 amide bonds. The molecule has 0 saturated heterocycles. The quantitative estimate of drug-likeness (QED) is 0.538. The van der Waals surface area contributed by atoms with Gasteiger partial charge in [0.25, 0.3) is 0 Å². The highest BCUT2D eigenvalue weighted by atomic mass is 32.2. The number of aromatic amines is 1. The van der Waals surface area contributed by atoms with E-state index in [1.165, 1.54) is 26.0 Å². The Labute approximate surface area is 163 Å². The predicted molar refractivity (Wildman–Crippen MR) is 104 cm³/mol. The molecule has 0 unspecified atom stereocenters. The van der Waals surface area contributed by atoms with E-state index in [9.17, 15) is 22.8 Å². The van der Waals surface area contributed by atoms with Crippen molar-refractivity contribution in [2.45, 2.75) is 33.8 Å². The standard InChI is InChI=1S/C19H22N2O6S/c1-10-16(12(3)22)11(2)20-17(10)18(23)13(4)27-19(24)14-8-6-7-9-15(14)21-28(5,25)26/h6-9,13,20-21H,1-5H3/t13-/m1/s1. The van der Waals surface area contributed by atoms with Gasteiger partial charge < -0.3 is 9.72 Å². The van der Waals surface area contributed by atoms with Crippen LogP contribution >= 0.6 is 0 Å². The number of aryl methyl sites for hydroxylation is 1. The molecule has 2 N–H and O–H groups in total. The number of H-pyrrole nitrogens is 1. The van der Waals surface area contributed by atoms with Gasteiger partial charge in [-0.1, -0.05) is 12.1 Å². The van der Waals surface area contributed by atoms with E-state index in [-0.39, 0.29) is 22.7 Å². The van der Waals surface area contributed by atoms with Gasteiger partial charge in [0.2, 0.25) is 15.8 Å². The largest absolute Gasteiger partial charge is 0.451 e. The summed E-state index contributed by atoms with van der Waals surface area (Å²) >= 11 is 0. The number of carbonyl (C=O) groups is 3. The van der Waals surface area contributed by atoms with Gasteiger partial charge in [-0.2, -0.15) is 0 Å². The lowest BCUT2D eigenvalue weighted by atomic mass is 10.0. The number of ketones is 2. The molecule has 0 spiro atoms. The van der Waals surface area contributed by atoms with E-state index in [1.807, 2.05) is 0 Å². The fourth-order valence-electron chi connectivity index (χ4n) is 2.96. The molecule has 0 saturated carbocycles. The molecule has 0 fully saturated rings. The number of Topliss-reactive ketones (excluding diaryl/α,β-unsaturated/α-hetero) is 2. The number of hydrogen-bond acceptors (Lipinski definition) is 6. The molecule has 0 radical (unpaired) electrons. The summed E-state index contributed by atoms with van der Waals surface area (Å²) in [5.41, 5.74) is 1.73. The van der Waals surface area contributed by atoms with Gasteiger partial charge in [-0.25, -0.2) is 13.2 Å². The van der Waals surface area contributed by atoms with Crippen LogP contribution in [0, 0.1) is 13.8 Å². The molecule has 2 rings (SSSR count). The van der Waals surface area contributed by atoms with Crippen molar-refractivity contribution in [3.05, 3.63) is 52.3 Å². The first-order valence-electron chi connectivity index (χ1n) is 8.44. The highest BCUT2D eigenvalue weighted by molar-refractivity contribution is 7.92. The zero-order valence-corrected chi connectivity index (χ0v) is 17.1. The Morgan fingerprint density at radius 1 is 1.14 bits per heavy atom. The summed E-state index contributed by atoms with van der Waals surface area (Å²) in [6.45, 7) is 6.15. The molecule has 1 aromatic carbocycles. The van der Waals surface area contributed by atoms with E-state index in [0.29, 0.717) is 16.8 Å². The van der Waals surface area contributed by atoms with Gasteiger partial charge in [0.1, 0.15) is 0 Å². The summed E-state index contributed by atoms with van der Waals surface area (Å²) in [5.74, 6) is -1.51. The second-order valence-electron chi connectivity index (χ2n) is 6.51. The van der Waals surface area contributed by atoms with Crippen LogP contribution in [0.1, 0.15) is 56.3 Å². The molecule has 1 aromatic heterocycles. The molecule has 1 atom stereocenters. The number of carbonyl (C=O) groups excluding carboxylic acids is 3. The van der Waals surface area contributed by atoms with Gasteiger partial charge in [0.15, 0.2) is 11.9 Å². The Hall–Kier alpha value is -2.94. The van der Waals surface area contributed by atoms with Gasteiger partial charge in [0, 0.05) is 11.3 Å². The van der Waals surface area contributed by atoms with Crippen LogP contribution in [0.15, 0.2) is 24.3 Å². The number of benzene rings is 1. The molecule has 9 heteroatoms. The summed E-state index contributed by atoms with van der Waals surface area (Å²) in [6, 6.07) is 5.92. The van der Waals surface area contributed by atoms with Gasteiger partial charge in [-0.05, 0) is 45.4 Å². The maximum Gasteiger partial charge on any atom is 0.340 e. The number of anilines is 1. The number of nitrogens with one attached hydrogen (secondary N) is 2. The van der Waals surface area contributed by atoms with Crippen LogP contribution in [-0.4, -0.2) is 43.3 Å². The van der Waals surface area contributed by atoms with Gasteiger partial charge in [0.05, 0.1) is 23.2 Å². The predicted octanol–water partition coefficient (Wildman–Crippen LogP) is 2.63. The average Bonchev–Trinajstić information content (AvgIpc) is 2.87. The Kier molecular flexibility index (Phi) is 6.08. The van der Waals surface area contributed by atoms with Crippen molar-refractivity contribution >= 4 is 33.2 Å². The van der Waals surface area contributed by atoms with Gasteiger partial charge >= 0.3 is 5.97 Å². The number of rotatable bonds is 7. The third-order valence-electron chi connectivity index (χ3n) is 4.13. The van der Waals surface area contributed by atoms with E-state index in [1.54, 1.807) is 26.0 Å². The highest BCUT2D eigenvalue weighted by Crippen LogP contribution is 2.22. The molecule has 0 aliphatic carbocycles. The van der Waals surface area contributed by atoms with Crippen LogP contribution in [0.5, 0.6) is 0 Å². The Morgan fingerprint density at radius 2 is 1.75 bits per heavy atom. The van der Waals surface area contributed by atoms with Crippen molar-refractivity contribution in [2.24, 2.45) is 0 Å². The van der Waals surface area contributed by atoms with E-state index in [0.717, 1.165) is 6.26 Å². The second-order valence-corrected chi connectivity index (χ2v) is 8.26. The van der Waals surface area contributed by atoms with E-state index < -0.39 is 27.9 Å². The molecule has 0 bridgehead atoms. The number of ether oxygens (including phenoxy) is 1. The molecule has 28 heavy (non-hydrogen) atoms. The summed E-state index contributed by atoms with van der Waals surface area (Å²) < 4.78 is 30.4. The lowest BCUT2D eigenvalue weighted by Gasteiger charge is -2.14. The van der Waals surface area contributed by atoms with Crippen molar-refractivity contribution in [1.29, 1.82) is 0 Å². The first-order chi connectivity index (χ1) is 12.9. The maximum atomic E-state index is 12.7. The fraction of sp³-hybridized carbons (Fsp3) is 0.316. The molecule has 0 aliphatic rings. The smallest absolute Gasteiger partial charge is 0.340 e. The Balaban J connectivity index is 2.25. The zero-order valence-electron chi connectivity index (χ0n) is 16.2. The molecular weight excluding hydrogens is 384 g/mol. The molecular formula is C19H22N2O6S. The number of hydrogen-bond donors (Lipinski definition) is 2. The monoisotopic (exact) mass is 406 g/mol. The number of aromatic nitrogens is 1. The van der Waals surface area contributed by atoms with Crippen LogP contribution < -0.4 is 4.72 Å². The van der Waals surface area contributed by atoms with Crippen molar-refractivity contribution in [3.8, 4) is 0 Å². The summed E-state index contributed by atoms with van der Waals surface area (Å²) in [5, 5.41) is 0. The number of para-hydroxylation sites is 1. The molecule has 2 aromatic rings. The first-order valence-corrected chi connectivity index (χ1v) is 10.3. The molecule has 150 valence electrons. The second kappa shape index (κ2) is 7.97. The first kappa shape index (κ1) is 21.4. The van der Waals surface area contributed by atoms with Crippen LogP contribution in [0.2, 0.25) is 0 Å². The molecule has 1 heterocycles. The third kappa shape index (κ3) is 4.66. The summed E-state index contributed by atoms with van der Waals surface area (Å²) in [7, 11) is -3.60. The van der Waals surface area contributed by atoms with Crippen molar-refractivity contribution < 1.29 is 27.5 Å². The molecule has 0 aliphatic heterocycles. The minimum Gasteiger partial charge on any atom is -0.451 e. The van der Waals surface area contributed by atoms with Gasteiger partial charge in [-0.15, -0.1) is 0 Å². The maximum absolute atomic E-state index is 12.7. The van der Waals surface area contributed by atoms with E-state index in [4.69, 9.17) is 4.74 Å². The SMILES string of the molecule is CC(=O)c1c(C)[nH]c(C(=O)[C@@H](C)OC(=O)c2ccccc2NS(C)(=O)=O)c1C. The normalized spacial score (nSPS) is 12.3. The van der Waals surface area contributed by atoms with E-state index >= 15 is 0 Å². The highest BCUT2D eigenvalue weighted by Gasteiger charge is 2.27. The Morgan fingerprint density at radius 3 is 2.29 bits per heavy atom. The summed E-state index contributed by atoms with van der Waals surface area (Å²) in [4.78, 5) is 39.8. The lowest BCUT2D eigenvalue weighted by molar-refractivity contribution is 0.0318. The van der Waals surface area contributed by atoms with Crippen molar-refractivity contribution in [1.82, 2.24) is 4.98 Å². The van der Waals surface area contributed by atoms with Crippen LogP contribution in [0.3, 0.4) is 0 Å². The fourth-order valence-corrected chi connectivity index (χ4v) is 3.53. The van der Waals surface area contributed by atoms with E-state index in [2.05, 4.69) is 9.71 Å². The van der Waals surface area contributed by atoms with Crippen molar-refractivity contribution in [2.75, 3.05) is 11.0 Å². The number of esters is 1. The van der Waals surface area contributed by atoms with Crippen LogP contribution in [0.25, 0.3) is 0 Å². The Bertz CT molecular complexity index is 1050. The number of sulfonamides is 1. The lowest BCUT2D eigenvalue weighted by Crippen LogP contribution is -2.26. The van der Waals surface area contributed by atoms with Crippen LogP contribution in [0.4, 0.5) is 5.69 Å². The molecule has 8 nitrogen and oxygen atoms in total. The van der Waals surface area contributed by atoms with Crippen LogP contribution in [-0.2, 0) is 14.8 Å². The van der Waals surface area contributed by atoms with Gasteiger partial charge in [-0.3, -0.25) is 14.3 Å². The topological polar surface area (TPSA) is 122 Å². The minimum atomic E-state index is -3.60. The average molecular weight is 406 g/mol. The minimum absolute atomic E-state index is 0.0172. The zero-order chi connectivity index (χ0) is 21.2. The van der Waals surface area contributed by atoms with Crippen molar-refractivity contribution in [3.63, 3.8) is 0 Å².